The molecule has 0 radical (unpaired) electrons. The summed E-state index contributed by atoms with van der Waals surface area (Å²) in [7, 11) is 3.28. The quantitative estimate of drug-likeness (QED) is 0.660. The van der Waals surface area contributed by atoms with Gasteiger partial charge >= 0.3 is 0 Å². The monoisotopic (exact) mass is 311 g/mol. The van der Waals surface area contributed by atoms with Gasteiger partial charge in [0.2, 0.25) is 0 Å². The standard InChI is InChI=1S/C7H7ClN2O2.C7H8FN/c1-9-7-5(8)3-2-4-6(7)10(11)12;1-9-7-5-3-2-4-6(7)8/h2-4,9H,1H3;2-5,9H,1H3. The summed E-state index contributed by atoms with van der Waals surface area (Å²) >= 11 is 5.71. The van der Waals surface area contributed by atoms with E-state index in [-0.39, 0.29) is 11.5 Å². The van der Waals surface area contributed by atoms with Gasteiger partial charge in [-0.25, -0.2) is 4.39 Å². The summed E-state index contributed by atoms with van der Waals surface area (Å²) in [4.78, 5) is 9.97. The van der Waals surface area contributed by atoms with E-state index in [1.54, 1.807) is 44.4 Å². The maximum absolute atomic E-state index is 12.5. The van der Waals surface area contributed by atoms with Crippen LogP contribution in [0.2, 0.25) is 5.02 Å². The van der Waals surface area contributed by atoms with E-state index in [9.17, 15) is 14.5 Å². The van der Waals surface area contributed by atoms with Crippen LogP contribution in [0.1, 0.15) is 0 Å². The zero-order valence-corrected chi connectivity index (χ0v) is 12.3. The Morgan fingerprint density at radius 3 is 2.19 bits per heavy atom. The molecule has 0 unspecified atom stereocenters. The van der Waals surface area contributed by atoms with Gasteiger partial charge < -0.3 is 10.6 Å². The van der Waals surface area contributed by atoms with Crippen LogP contribution in [0.25, 0.3) is 0 Å². The van der Waals surface area contributed by atoms with Gasteiger partial charge in [-0.1, -0.05) is 29.8 Å². The first-order chi connectivity index (χ1) is 10.0. The highest BCUT2D eigenvalue weighted by molar-refractivity contribution is 6.33. The molecule has 0 amide bonds. The Morgan fingerprint density at radius 1 is 1.10 bits per heavy atom. The molecule has 2 rings (SSSR count). The lowest BCUT2D eigenvalue weighted by molar-refractivity contribution is -0.383. The molecular formula is C14H15ClFN3O2. The van der Waals surface area contributed by atoms with Gasteiger partial charge in [0, 0.05) is 20.2 Å². The second kappa shape index (κ2) is 8.06. The van der Waals surface area contributed by atoms with Crippen LogP contribution in [0.5, 0.6) is 0 Å². The van der Waals surface area contributed by atoms with Crippen LogP contribution in [-0.2, 0) is 0 Å². The van der Waals surface area contributed by atoms with E-state index in [1.807, 2.05) is 0 Å². The Kier molecular flexibility index (Phi) is 6.42. The molecule has 112 valence electrons. The number of anilines is 2. The first-order valence-electron chi connectivity index (χ1n) is 6.04. The number of para-hydroxylation sites is 2. The molecule has 2 aromatic carbocycles. The average Bonchev–Trinajstić information content (AvgIpc) is 2.48. The molecule has 7 heteroatoms. The SMILES string of the molecule is CNc1c(Cl)cccc1[N+](=O)[O-].CNc1ccccc1F. The van der Waals surface area contributed by atoms with Crippen molar-refractivity contribution in [2.75, 3.05) is 24.7 Å². The predicted molar refractivity (Wildman–Crippen MR) is 83.6 cm³/mol. The Labute approximate surface area is 126 Å². The van der Waals surface area contributed by atoms with Crippen molar-refractivity contribution in [3.8, 4) is 0 Å². The van der Waals surface area contributed by atoms with Crippen LogP contribution in [0.15, 0.2) is 42.5 Å². The van der Waals surface area contributed by atoms with Crippen molar-refractivity contribution >= 4 is 28.7 Å². The summed E-state index contributed by atoms with van der Waals surface area (Å²) in [6.07, 6.45) is 0. The van der Waals surface area contributed by atoms with Crippen molar-refractivity contribution in [1.82, 2.24) is 0 Å². The van der Waals surface area contributed by atoms with Crippen LogP contribution >= 0.6 is 11.6 Å². The molecule has 0 aliphatic rings. The molecule has 0 aliphatic carbocycles. The van der Waals surface area contributed by atoms with E-state index >= 15 is 0 Å². The van der Waals surface area contributed by atoms with E-state index in [0.717, 1.165) is 0 Å². The number of benzene rings is 2. The van der Waals surface area contributed by atoms with Crippen LogP contribution in [0.3, 0.4) is 0 Å². The Balaban J connectivity index is 0.000000219. The zero-order chi connectivity index (χ0) is 15.8. The maximum atomic E-state index is 12.5. The molecule has 2 aromatic rings. The van der Waals surface area contributed by atoms with Crippen molar-refractivity contribution in [2.45, 2.75) is 0 Å². The Morgan fingerprint density at radius 2 is 1.76 bits per heavy atom. The fourth-order valence-electron chi connectivity index (χ4n) is 1.58. The number of halogens is 2. The number of hydrogen-bond acceptors (Lipinski definition) is 4. The Hall–Kier alpha value is -2.34. The number of rotatable bonds is 3. The summed E-state index contributed by atoms with van der Waals surface area (Å²) in [5.41, 5.74) is 0.881. The number of nitro benzene ring substituents is 1. The molecule has 0 saturated heterocycles. The number of nitrogens with one attached hydrogen (secondary N) is 2. The van der Waals surface area contributed by atoms with Crippen LogP contribution < -0.4 is 10.6 Å². The van der Waals surface area contributed by atoms with Crippen molar-refractivity contribution in [1.29, 1.82) is 0 Å². The smallest absolute Gasteiger partial charge is 0.293 e. The first-order valence-corrected chi connectivity index (χ1v) is 6.42. The van der Waals surface area contributed by atoms with Crippen LogP contribution in [0.4, 0.5) is 21.5 Å². The predicted octanol–water partition coefficient (Wildman–Crippen LogP) is 4.16. The molecule has 2 N–H and O–H groups in total. The molecule has 0 bridgehead atoms. The van der Waals surface area contributed by atoms with Gasteiger partial charge in [-0.05, 0) is 18.2 Å². The average molecular weight is 312 g/mol. The van der Waals surface area contributed by atoms with Gasteiger partial charge in [0.05, 0.1) is 15.6 Å². The van der Waals surface area contributed by atoms with E-state index < -0.39 is 4.92 Å². The molecule has 21 heavy (non-hydrogen) atoms. The van der Waals surface area contributed by atoms with Crippen molar-refractivity contribution < 1.29 is 9.31 Å². The second-order valence-corrected chi connectivity index (χ2v) is 4.28. The van der Waals surface area contributed by atoms with Crippen molar-refractivity contribution in [3.05, 3.63) is 63.4 Å². The molecule has 0 aliphatic heterocycles. The van der Waals surface area contributed by atoms with E-state index in [2.05, 4.69) is 10.6 Å². The number of nitrogens with zero attached hydrogens (tertiary/aromatic N) is 1. The normalized spacial score (nSPS) is 9.33. The minimum absolute atomic E-state index is 0.00926. The summed E-state index contributed by atoms with van der Waals surface area (Å²) in [5.74, 6) is -0.208. The Bertz CT molecular complexity index is 623. The van der Waals surface area contributed by atoms with Crippen molar-refractivity contribution in [3.63, 3.8) is 0 Å². The maximum Gasteiger partial charge on any atom is 0.293 e. The summed E-state index contributed by atoms with van der Waals surface area (Å²) < 4.78 is 12.5. The minimum atomic E-state index is -0.474. The summed E-state index contributed by atoms with van der Waals surface area (Å²) in [6, 6.07) is 11.1. The van der Waals surface area contributed by atoms with Gasteiger partial charge in [0.25, 0.3) is 5.69 Å². The molecule has 0 heterocycles. The molecule has 0 spiro atoms. The topological polar surface area (TPSA) is 67.2 Å². The minimum Gasteiger partial charge on any atom is -0.386 e. The number of nitro groups is 1. The first kappa shape index (κ1) is 16.7. The van der Waals surface area contributed by atoms with Crippen LogP contribution in [-0.4, -0.2) is 19.0 Å². The van der Waals surface area contributed by atoms with E-state index in [1.165, 1.54) is 12.1 Å². The lowest BCUT2D eigenvalue weighted by Gasteiger charge is -2.02. The van der Waals surface area contributed by atoms with Gasteiger partial charge in [0.15, 0.2) is 0 Å². The van der Waals surface area contributed by atoms with Gasteiger partial charge in [0.1, 0.15) is 11.5 Å². The van der Waals surface area contributed by atoms with Crippen LogP contribution in [0, 0.1) is 15.9 Å². The fourth-order valence-corrected chi connectivity index (χ4v) is 1.84. The third-order valence-corrected chi connectivity index (χ3v) is 2.90. The zero-order valence-electron chi connectivity index (χ0n) is 11.6. The molecule has 0 aromatic heterocycles. The summed E-state index contributed by atoms with van der Waals surface area (Å²) in [6.45, 7) is 0. The summed E-state index contributed by atoms with van der Waals surface area (Å²) in [5, 5.41) is 16.2. The molecule has 0 saturated carbocycles. The largest absolute Gasteiger partial charge is 0.386 e. The van der Waals surface area contributed by atoms with E-state index in [0.29, 0.717) is 16.4 Å². The number of hydrogen-bond donors (Lipinski definition) is 2. The highest BCUT2D eigenvalue weighted by atomic mass is 35.5. The molecule has 0 atom stereocenters. The lowest BCUT2D eigenvalue weighted by Crippen LogP contribution is -1.96. The molecule has 5 nitrogen and oxygen atoms in total. The molecular weight excluding hydrogens is 297 g/mol. The van der Waals surface area contributed by atoms with E-state index in [4.69, 9.17) is 11.6 Å². The van der Waals surface area contributed by atoms with Crippen molar-refractivity contribution in [2.24, 2.45) is 0 Å². The van der Waals surface area contributed by atoms with Gasteiger partial charge in [-0.2, -0.15) is 0 Å². The second-order valence-electron chi connectivity index (χ2n) is 3.87. The van der Waals surface area contributed by atoms with Gasteiger partial charge in [-0.3, -0.25) is 10.1 Å². The lowest BCUT2D eigenvalue weighted by atomic mass is 10.3. The highest BCUT2D eigenvalue weighted by Gasteiger charge is 2.14. The third kappa shape index (κ3) is 4.61. The highest BCUT2D eigenvalue weighted by Crippen LogP contribution is 2.30. The third-order valence-electron chi connectivity index (χ3n) is 2.58. The van der Waals surface area contributed by atoms with Gasteiger partial charge in [-0.15, -0.1) is 0 Å². The molecule has 0 fully saturated rings. The fraction of sp³-hybridized carbons (Fsp3) is 0.143.